The first-order chi connectivity index (χ1) is 15.5. The molecule has 1 unspecified atom stereocenters. The molecule has 1 fully saturated rings. The Labute approximate surface area is 182 Å². The number of hydrogen-bond donors (Lipinski definition) is 1. The number of aromatic nitrogens is 3. The zero-order valence-corrected chi connectivity index (χ0v) is 17.2. The van der Waals surface area contributed by atoms with Crippen molar-refractivity contribution < 1.29 is 18.7 Å². The molecule has 2 aromatic heterocycles. The maximum absolute atomic E-state index is 14.2. The van der Waals surface area contributed by atoms with Gasteiger partial charge in [0.25, 0.3) is 11.5 Å². The zero-order valence-electron chi connectivity index (χ0n) is 17.2. The molecule has 4 heterocycles. The quantitative estimate of drug-likeness (QED) is 0.668. The largest absolute Gasteiger partial charge is 0.482 e. The van der Waals surface area contributed by atoms with Gasteiger partial charge in [0.05, 0.1) is 30.7 Å². The lowest BCUT2D eigenvalue weighted by atomic mass is 10.1. The van der Waals surface area contributed by atoms with Crippen LogP contribution in [0.2, 0.25) is 0 Å². The molecule has 1 atom stereocenters. The van der Waals surface area contributed by atoms with Crippen LogP contribution in [-0.2, 0) is 16.6 Å². The maximum atomic E-state index is 14.2. The lowest BCUT2D eigenvalue weighted by Crippen LogP contribution is -2.41. The van der Waals surface area contributed by atoms with E-state index >= 15 is 0 Å². The molecule has 10 heteroatoms. The van der Waals surface area contributed by atoms with Gasteiger partial charge < -0.3 is 19.7 Å². The monoisotopic (exact) mass is 437 g/mol. The number of carbonyl (C=O) groups is 1. The number of hydrogen-bond acceptors (Lipinski definition) is 7. The highest BCUT2D eigenvalue weighted by atomic mass is 19.1. The summed E-state index contributed by atoms with van der Waals surface area (Å²) in [5.41, 5.74) is 1.63. The summed E-state index contributed by atoms with van der Waals surface area (Å²) in [7, 11) is 1.63. The molecule has 2 aliphatic rings. The fourth-order valence-electron chi connectivity index (χ4n) is 3.86. The van der Waals surface area contributed by atoms with Crippen molar-refractivity contribution in [3.8, 4) is 17.0 Å². The van der Waals surface area contributed by atoms with E-state index in [-0.39, 0.29) is 35.4 Å². The van der Waals surface area contributed by atoms with Crippen LogP contribution in [0.3, 0.4) is 0 Å². The van der Waals surface area contributed by atoms with Crippen molar-refractivity contribution in [3.05, 3.63) is 64.5 Å². The predicted molar refractivity (Wildman–Crippen MR) is 114 cm³/mol. The van der Waals surface area contributed by atoms with Gasteiger partial charge in [0, 0.05) is 31.4 Å². The fraction of sp³-hybridized carbons (Fsp3) is 0.273. The van der Waals surface area contributed by atoms with Gasteiger partial charge in [-0.15, -0.1) is 0 Å². The lowest BCUT2D eigenvalue weighted by Gasteiger charge is -2.35. The van der Waals surface area contributed by atoms with Crippen molar-refractivity contribution in [2.24, 2.45) is 7.05 Å². The Kier molecular flexibility index (Phi) is 5.06. The molecule has 32 heavy (non-hydrogen) atoms. The number of pyridine rings is 1. The zero-order chi connectivity index (χ0) is 22.2. The van der Waals surface area contributed by atoms with Crippen LogP contribution in [0.5, 0.6) is 5.75 Å². The number of nitrogens with zero attached hydrogens (tertiary/aromatic N) is 4. The topological polar surface area (TPSA) is 98.6 Å². The highest BCUT2D eigenvalue weighted by molar-refractivity contribution is 5.95. The SMILES string of the molecule is Cn1c(N2CCOC(c3ccc4c(c3)NC(=O)CO4)C2)nc(-c2ccncc2F)cc1=O. The fourth-order valence-corrected chi connectivity index (χ4v) is 3.86. The van der Waals surface area contributed by atoms with Gasteiger partial charge in [-0.2, -0.15) is 0 Å². The first-order valence-corrected chi connectivity index (χ1v) is 10.1. The minimum Gasteiger partial charge on any atom is -0.482 e. The first kappa shape index (κ1) is 20.1. The van der Waals surface area contributed by atoms with Gasteiger partial charge in [0.2, 0.25) is 5.95 Å². The van der Waals surface area contributed by atoms with Crippen LogP contribution in [0.25, 0.3) is 11.3 Å². The molecule has 1 saturated heterocycles. The molecule has 1 amide bonds. The standard InChI is InChI=1S/C22H20FN5O4/c1-27-21(30)9-16(14-4-5-24-10-15(14)23)26-22(27)28-6-7-31-19(11-28)13-2-3-18-17(8-13)25-20(29)12-32-18/h2-5,8-10,19H,6-7,11-12H2,1H3,(H,25,29). The number of carbonyl (C=O) groups excluding carboxylic acids is 1. The number of morpholine rings is 1. The number of rotatable bonds is 3. The van der Waals surface area contributed by atoms with Gasteiger partial charge >= 0.3 is 0 Å². The summed E-state index contributed by atoms with van der Waals surface area (Å²) in [6.45, 7) is 1.35. The van der Waals surface area contributed by atoms with Crippen LogP contribution in [-0.4, -0.2) is 46.7 Å². The van der Waals surface area contributed by atoms with Crippen molar-refractivity contribution in [1.29, 1.82) is 0 Å². The highest BCUT2D eigenvalue weighted by Crippen LogP contribution is 2.33. The van der Waals surface area contributed by atoms with E-state index in [1.54, 1.807) is 13.1 Å². The van der Waals surface area contributed by atoms with Gasteiger partial charge in [-0.1, -0.05) is 6.07 Å². The third-order valence-electron chi connectivity index (χ3n) is 5.52. The van der Waals surface area contributed by atoms with Crippen LogP contribution >= 0.6 is 0 Å². The molecule has 2 aliphatic heterocycles. The Morgan fingerprint density at radius 2 is 2.09 bits per heavy atom. The second-order valence-electron chi connectivity index (χ2n) is 7.59. The first-order valence-electron chi connectivity index (χ1n) is 10.1. The number of amides is 1. The van der Waals surface area contributed by atoms with Crippen LogP contribution in [0, 0.1) is 5.82 Å². The molecule has 5 rings (SSSR count). The van der Waals surface area contributed by atoms with Gasteiger partial charge in [0.15, 0.2) is 12.4 Å². The normalized spacial score (nSPS) is 18.0. The molecule has 1 aromatic carbocycles. The van der Waals surface area contributed by atoms with Crippen molar-refractivity contribution in [2.75, 3.05) is 36.5 Å². The van der Waals surface area contributed by atoms with Gasteiger partial charge in [-0.25, -0.2) is 9.37 Å². The number of nitrogens with one attached hydrogen (secondary N) is 1. The maximum Gasteiger partial charge on any atom is 0.262 e. The molecule has 0 bridgehead atoms. The summed E-state index contributed by atoms with van der Waals surface area (Å²) in [6, 6.07) is 8.32. The van der Waals surface area contributed by atoms with E-state index < -0.39 is 5.82 Å². The average molecular weight is 437 g/mol. The van der Waals surface area contributed by atoms with E-state index in [0.717, 1.165) is 11.8 Å². The van der Waals surface area contributed by atoms with E-state index in [2.05, 4.69) is 15.3 Å². The van der Waals surface area contributed by atoms with E-state index in [1.165, 1.54) is 22.9 Å². The smallest absolute Gasteiger partial charge is 0.262 e. The van der Waals surface area contributed by atoms with E-state index in [1.807, 2.05) is 17.0 Å². The third kappa shape index (κ3) is 3.69. The van der Waals surface area contributed by atoms with Gasteiger partial charge in [0.1, 0.15) is 11.9 Å². The molecule has 3 aromatic rings. The van der Waals surface area contributed by atoms with Crippen LogP contribution < -0.4 is 20.5 Å². The Bertz CT molecular complexity index is 1260. The summed E-state index contributed by atoms with van der Waals surface area (Å²) < 4.78 is 27.1. The number of ether oxygens (including phenoxy) is 2. The van der Waals surface area contributed by atoms with Crippen LogP contribution in [0.1, 0.15) is 11.7 Å². The van der Waals surface area contributed by atoms with E-state index in [9.17, 15) is 14.0 Å². The molecule has 164 valence electrons. The summed E-state index contributed by atoms with van der Waals surface area (Å²) >= 11 is 0. The molecule has 1 N–H and O–H groups in total. The third-order valence-corrected chi connectivity index (χ3v) is 5.52. The van der Waals surface area contributed by atoms with Crippen molar-refractivity contribution in [3.63, 3.8) is 0 Å². The molecular weight excluding hydrogens is 417 g/mol. The molecular formula is C22H20FN5O4. The van der Waals surface area contributed by atoms with Crippen molar-refractivity contribution in [2.45, 2.75) is 6.10 Å². The summed E-state index contributed by atoms with van der Waals surface area (Å²) in [4.78, 5) is 34.5. The van der Waals surface area contributed by atoms with E-state index in [0.29, 0.717) is 37.1 Å². The molecule has 0 saturated carbocycles. The van der Waals surface area contributed by atoms with Gasteiger partial charge in [-0.05, 0) is 23.8 Å². The van der Waals surface area contributed by atoms with Gasteiger partial charge in [-0.3, -0.25) is 19.1 Å². The molecule has 0 aliphatic carbocycles. The molecule has 9 nitrogen and oxygen atoms in total. The molecule has 0 radical (unpaired) electrons. The Morgan fingerprint density at radius 1 is 1.22 bits per heavy atom. The van der Waals surface area contributed by atoms with E-state index in [4.69, 9.17) is 9.47 Å². The Balaban J connectivity index is 1.46. The van der Waals surface area contributed by atoms with Crippen molar-refractivity contribution in [1.82, 2.24) is 14.5 Å². The summed E-state index contributed by atoms with van der Waals surface area (Å²) in [6.07, 6.45) is 2.24. The lowest BCUT2D eigenvalue weighted by molar-refractivity contribution is -0.118. The highest BCUT2D eigenvalue weighted by Gasteiger charge is 2.27. The Hall–Kier alpha value is -3.79. The van der Waals surface area contributed by atoms with Crippen LogP contribution in [0.15, 0.2) is 47.5 Å². The minimum absolute atomic E-state index is 0.00579. The van der Waals surface area contributed by atoms with Crippen LogP contribution in [0.4, 0.5) is 16.0 Å². The average Bonchev–Trinajstić information content (AvgIpc) is 2.80. The Morgan fingerprint density at radius 3 is 2.94 bits per heavy atom. The summed E-state index contributed by atoms with van der Waals surface area (Å²) in [5, 5.41) is 2.80. The number of anilines is 2. The number of benzene rings is 1. The molecule has 0 spiro atoms. The second-order valence-corrected chi connectivity index (χ2v) is 7.59. The number of fused-ring (bicyclic) bond motifs is 1. The number of halogens is 1. The van der Waals surface area contributed by atoms with Crippen molar-refractivity contribution >= 4 is 17.5 Å². The minimum atomic E-state index is -0.544. The summed E-state index contributed by atoms with van der Waals surface area (Å²) in [5.74, 6) is 0.279. The predicted octanol–water partition coefficient (Wildman–Crippen LogP) is 1.89. The second kappa shape index (κ2) is 8.04.